The van der Waals surface area contributed by atoms with Gasteiger partial charge in [0.05, 0.1) is 10.1 Å². The number of allylic oxidation sites excluding steroid dienone is 4. The van der Waals surface area contributed by atoms with Crippen molar-refractivity contribution in [2.75, 3.05) is 6.26 Å². The summed E-state index contributed by atoms with van der Waals surface area (Å²) in [5.41, 5.74) is 1.30. The molecule has 106 valence electrons. The first-order valence-electron chi connectivity index (χ1n) is 6.44. The molecule has 3 unspecified atom stereocenters. The van der Waals surface area contributed by atoms with E-state index in [1.807, 2.05) is 31.2 Å². The van der Waals surface area contributed by atoms with E-state index in [1.165, 1.54) is 0 Å². The Labute approximate surface area is 127 Å². The molecule has 0 N–H and O–H groups in total. The highest BCUT2D eigenvalue weighted by Gasteiger charge is 2.35. The molecule has 0 saturated carbocycles. The lowest BCUT2D eigenvalue weighted by Crippen LogP contribution is -2.36. The van der Waals surface area contributed by atoms with Gasteiger partial charge in [-0.15, -0.1) is 11.6 Å². The molecule has 0 radical (unpaired) electrons. The Morgan fingerprint density at radius 3 is 2.50 bits per heavy atom. The molecule has 0 saturated heterocycles. The minimum atomic E-state index is -1.00. The van der Waals surface area contributed by atoms with Crippen LogP contribution in [0.5, 0.6) is 0 Å². The van der Waals surface area contributed by atoms with Crippen molar-refractivity contribution in [2.24, 2.45) is 0 Å². The standard InChI is InChI=1S/C16H17ClO2S/c1-12(20(2)19)16(17)10-8-14(9-11-16)15(18)13-6-4-3-5-7-13/h3-10,12H,11H2,1-2H3. The van der Waals surface area contributed by atoms with Crippen LogP contribution in [0, 0.1) is 0 Å². The van der Waals surface area contributed by atoms with Gasteiger partial charge in [-0.2, -0.15) is 0 Å². The van der Waals surface area contributed by atoms with Gasteiger partial charge < -0.3 is 0 Å². The fourth-order valence-corrected chi connectivity index (χ4v) is 3.38. The van der Waals surface area contributed by atoms with E-state index in [9.17, 15) is 9.00 Å². The number of ketones is 1. The van der Waals surface area contributed by atoms with Crippen molar-refractivity contribution < 1.29 is 9.00 Å². The summed E-state index contributed by atoms with van der Waals surface area (Å²) < 4.78 is 11.6. The first-order chi connectivity index (χ1) is 9.44. The summed E-state index contributed by atoms with van der Waals surface area (Å²) in [6.45, 7) is 1.87. The Kier molecular flexibility index (Phi) is 4.61. The Morgan fingerprint density at radius 1 is 1.35 bits per heavy atom. The summed E-state index contributed by atoms with van der Waals surface area (Å²) in [4.78, 5) is 11.6. The number of halogens is 1. The number of rotatable bonds is 4. The Hall–Kier alpha value is -1.19. The molecule has 1 aliphatic carbocycles. The predicted molar refractivity (Wildman–Crippen MR) is 84.7 cm³/mol. The molecule has 0 bridgehead atoms. The van der Waals surface area contributed by atoms with E-state index in [1.54, 1.807) is 30.5 Å². The highest BCUT2D eigenvalue weighted by Crippen LogP contribution is 2.34. The molecule has 0 aliphatic heterocycles. The van der Waals surface area contributed by atoms with Crippen LogP contribution < -0.4 is 0 Å². The van der Waals surface area contributed by atoms with Crippen molar-refractivity contribution in [1.29, 1.82) is 0 Å². The van der Waals surface area contributed by atoms with Gasteiger partial charge in [0, 0.05) is 28.2 Å². The fraction of sp³-hybridized carbons (Fsp3) is 0.312. The quantitative estimate of drug-likeness (QED) is 0.630. The molecular formula is C16H17ClO2S. The van der Waals surface area contributed by atoms with Gasteiger partial charge >= 0.3 is 0 Å². The highest BCUT2D eigenvalue weighted by molar-refractivity contribution is 7.85. The molecular weight excluding hydrogens is 292 g/mol. The zero-order valence-corrected chi connectivity index (χ0v) is 13.1. The monoisotopic (exact) mass is 308 g/mol. The normalized spacial score (nSPS) is 24.9. The zero-order chi connectivity index (χ0) is 14.8. The highest BCUT2D eigenvalue weighted by atomic mass is 35.5. The molecule has 2 rings (SSSR count). The van der Waals surface area contributed by atoms with E-state index >= 15 is 0 Å². The van der Waals surface area contributed by atoms with Crippen molar-refractivity contribution in [3.63, 3.8) is 0 Å². The van der Waals surface area contributed by atoms with Crippen LogP contribution in [0.4, 0.5) is 0 Å². The molecule has 4 heteroatoms. The van der Waals surface area contributed by atoms with Crippen molar-refractivity contribution in [1.82, 2.24) is 0 Å². The SMILES string of the molecule is CC(S(C)=O)C1(Cl)C=CC(C(=O)c2ccccc2)=CC1. The summed E-state index contributed by atoms with van der Waals surface area (Å²) in [7, 11) is -1.00. The number of hydrogen-bond acceptors (Lipinski definition) is 2. The van der Waals surface area contributed by atoms with Crippen LogP contribution in [0.1, 0.15) is 23.7 Å². The number of hydrogen-bond donors (Lipinski definition) is 0. The molecule has 0 amide bonds. The van der Waals surface area contributed by atoms with Gasteiger partial charge in [0.1, 0.15) is 0 Å². The second-order valence-electron chi connectivity index (χ2n) is 4.96. The van der Waals surface area contributed by atoms with Crippen LogP contribution in [-0.4, -0.2) is 26.4 Å². The molecule has 0 fully saturated rings. The summed E-state index contributed by atoms with van der Waals surface area (Å²) in [6, 6.07) is 9.15. The maximum Gasteiger partial charge on any atom is 0.192 e. The van der Waals surface area contributed by atoms with Gasteiger partial charge in [0.15, 0.2) is 5.78 Å². The van der Waals surface area contributed by atoms with E-state index in [0.717, 1.165) is 0 Å². The van der Waals surface area contributed by atoms with Crippen LogP contribution >= 0.6 is 11.6 Å². The molecule has 0 aromatic heterocycles. The Morgan fingerprint density at radius 2 is 2.00 bits per heavy atom. The molecule has 0 heterocycles. The largest absolute Gasteiger partial charge is 0.289 e. The number of carbonyl (C=O) groups is 1. The molecule has 20 heavy (non-hydrogen) atoms. The van der Waals surface area contributed by atoms with E-state index in [0.29, 0.717) is 17.6 Å². The van der Waals surface area contributed by atoms with Crippen LogP contribution in [0.15, 0.2) is 54.1 Å². The number of carbonyl (C=O) groups excluding carboxylic acids is 1. The molecule has 0 spiro atoms. The lowest BCUT2D eigenvalue weighted by Gasteiger charge is -2.30. The van der Waals surface area contributed by atoms with E-state index in [-0.39, 0.29) is 11.0 Å². The molecule has 1 aromatic rings. The van der Waals surface area contributed by atoms with Crippen LogP contribution in [-0.2, 0) is 10.8 Å². The molecule has 1 aromatic carbocycles. The van der Waals surface area contributed by atoms with Gasteiger partial charge in [-0.3, -0.25) is 9.00 Å². The van der Waals surface area contributed by atoms with E-state index in [2.05, 4.69) is 0 Å². The first kappa shape index (κ1) is 15.2. The Balaban J connectivity index is 2.17. The lowest BCUT2D eigenvalue weighted by molar-refractivity contribution is 0.103. The van der Waals surface area contributed by atoms with Crippen molar-refractivity contribution in [3.8, 4) is 0 Å². The predicted octanol–water partition coefficient (Wildman–Crippen LogP) is 3.50. The van der Waals surface area contributed by atoms with Gasteiger partial charge in [-0.1, -0.05) is 48.6 Å². The number of alkyl halides is 1. The second kappa shape index (κ2) is 6.06. The van der Waals surface area contributed by atoms with Gasteiger partial charge in [-0.25, -0.2) is 0 Å². The van der Waals surface area contributed by atoms with Crippen LogP contribution in [0.25, 0.3) is 0 Å². The number of benzene rings is 1. The minimum absolute atomic E-state index is 0.00848. The van der Waals surface area contributed by atoms with Gasteiger partial charge in [0.2, 0.25) is 0 Å². The summed E-state index contributed by atoms with van der Waals surface area (Å²) in [5, 5.41) is -0.162. The summed E-state index contributed by atoms with van der Waals surface area (Å²) in [5.74, 6) is -0.00848. The summed E-state index contributed by atoms with van der Waals surface area (Å²) >= 11 is 6.50. The fourth-order valence-electron chi connectivity index (χ4n) is 2.13. The van der Waals surface area contributed by atoms with E-state index < -0.39 is 15.7 Å². The average molecular weight is 309 g/mol. The zero-order valence-electron chi connectivity index (χ0n) is 11.5. The molecule has 2 nitrogen and oxygen atoms in total. The molecule has 3 atom stereocenters. The van der Waals surface area contributed by atoms with Gasteiger partial charge in [0.25, 0.3) is 0 Å². The smallest absolute Gasteiger partial charge is 0.192 e. The third kappa shape index (κ3) is 3.10. The maximum atomic E-state index is 12.3. The van der Waals surface area contributed by atoms with Gasteiger partial charge in [-0.05, 0) is 13.3 Å². The average Bonchev–Trinajstić information content (AvgIpc) is 2.47. The maximum absolute atomic E-state index is 12.3. The van der Waals surface area contributed by atoms with Crippen molar-refractivity contribution >= 4 is 28.2 Å². The third-order valence-electron chi connectivity index (χ3n) is 3.65. The third-order valence-corrected chi connectivity index (χ3v) is 5.80. The van der Waals surface area contributed by atoms with Crippen LogP contribution in [0.2, 0.25) is 0 Å². The number of Topliss-reactive ketones (excluding diaryl/α,β-unsaturated/α-hetero) is 1. The van der Waals surface area contributed by atoms with E-state index in [4.69, 9.17) is 11.6 Å². The second-order valence-corrected chi connectivity index (χ2v) is 7.37. The van der Waals surface area contributed by atoms with Crippen molar-refractivity contribution in [2.45, 2.75) is 23.5 Å². The Bertz CT molecular complexity index is 592. The first-order valence-corrected chi connectivity index (χ1v) is 8.44. The lowest BCUT2D eigenvalue weighted by atomic mass is 9.90. The summed E-state index contributed by atoms with van der Waals surface area (Å²) in [6.07, 6.45) is 7.55. The molecule has 1 aliphatic rings. The topological polar surface area (TPSA) is 34.1 Å². The van der Waals surface area contributed by atoms with Crippen LogP contribution in [0.3, 0.4) is 0 Å². The minimum Gasteiger partial charge on any atom is -0.289 e. The van der Waals surface area contributed by atoms with Crippen molar-refractivity contribution in [3.05, 3.63) is 59.7 Å².